The smallest absolute Gasteiger partial charge is 0.271 e. The highest BCUT2D eigenvalue weighted by Gasteiger charge is 2.22. The molecular weight excluding hydrogens is 338 g/mol. The number of rotatable bonds is 4. The number of aromatic nitrogens is 1. The summed E-state index contributed by atoms with van der Waals surface area (Å²) in [6.45, 7) is 3.89. The van der Waals surface area contributed by atoms with E-state index in [1.807, 2.05) is 73.0 Å². The fraction of sp³-hybridized carbons (Fsp3) is 0.0909. The van der Waals surface area contributed by atoms with Gasteiger partial charge in [-0.25, -0.2) is 0 Å². The van der Waals surface area contributed by atoms with Crippen LogP contribution in [-0.4, -0.2) is 16.3 Å². The summed E-state index contributed by atoms with van der Waals surface area (Å²) in [7, 11) is 0. The molecule has 0 aliphatic heterocycles. The molecule has 4 rings (SSSR count). The molecule has 0 spiro atoms. The number of amides is 1. The largest absolute Gasteiger partial charge is 0.318 e. The van der Waals surface area contributed by atoms with Gasteiger partial charge in [0.1, 0.15) is 0 Å². The molecule has 1 aliphatic rings. The maximum atomic E-state index is 12.7. The van der Waals surface area contributed by atoms with Gasteiger partial charge in [0.25, 0.3) is 5.91 Å². The number of aryl methyl sites for hydroxylation is 1. The van der Waals surface area contributed by atoms with Crippen LogP contribution in [0.25, 0.3) is 11.4 Å². The fourth-order valence-electron chi connectivity index (χ4n) is 3.48. The monoisotopic (exact) mass is 357 g/mol. The summed E-state index contributed by atoms with van der Waals surface area (Å²) in [5.41, 5.74) is 11.1. The van der Waals surface area contributed by atoms with Gasteiger partial charge in [-0.1, -0.05) is 42.5 Å². The number of carbonyl (C=O) groups excluding carboxylic acids is 2. The van der Waals surface area contributed by atoms with E-state index in [4.69, 9.17) is 0 Å². The number of para-hydroxylation sites is 1. The van der Waals surface area contributed by atoms with Crippen molar-refractivity contribution in [1.82, 2.24) is 15.4 Å². The Kier molecular flexibility index (Phi) is 4.12. The maximum absolute atomic E-state index is 12.7. The van der Waals surface area contributed by atoms with E-state index < -0.39 is 0 Å². The first-order valence-corrected chi connectivity index (χ1v) is 8.72. The molecule has 1 amide bonds. The normalized spacial score (nSPS) is 12.5. The summed E-state index contributed by atoms with van der Waals surface area (Å²) in [6, 6.07) is 19.1. The van der Waals surface area contributed by atoms with Gasteiger partial charge >= 0.3 is 0 Å². The number of hydrogen-bond acceptors (Lipinski definition) is 3. The summed E-state index contributed by atoms with van der Waals surface area (Å²) in [6.07, 6.45) is 1.50. The van der Waals surface area contributed by atoms with E-state index in [0.717, 1.165) is 22.6 Å². The first-order chi connectivity index (χ1) is 13.1. The number of nitrogens with one attached hydrogen (secondary N) is 2. The Bertz CT molecular complexity index is 1080. The Balaban J connectivity index is 1.55. The Morgan fingerprint density at radius 3 is 2.33 bits per heavy atom. The van der Waals surface area contributed by atoms with E-state index >= 15 is 0 Å². The van der Waals surface area contributed by atoms with Crippen LogP contribution >= 0.6 is 0 Å². The second-order valence-electron chi connectivity index (χ2n) is 6.50. The Labute approximate surface area is 157 Å². The van der Waals surface area contributed by atoms with Crippen molar-refractivity contribution < 1.29 is 9.59 Å². The number of hydrogen-bond donors (Lipinski definition) is 2. The first kappa shape index (κ1) is 16.8. The first-order valence-electron chi connectivity index (χ1n) is 8.72. The Morgan fingerprint density at radius 1 is 0.926 bits per heavy atom. The number of fused-ring (bicyclic) bond motifs is 1. The predicted octanol–water partition coefficient (Wildman–Crippen LogP) is 3.57. The zero-order valence-electron chi connectivity index (χ0n) is 15.1. The van der Waals surface area contributed by atoms with Gasteiger partial charge in [0, 0.05) is 34.3 Å². The van der Waals surface area contributed by atoms with Gasteiger partial charge in [-0.2, -0.15) is 0 Å². The van der Waals surface area contributed by atoms with Gasteiger partial charge in [0.05, 0.1) is 11.3 Å². The Hall–Kier alpha value is -3.60. The molecule has 134 valence electrons. The Morgan fingerprint density at radius 2 is 1.59 bits per heavy atom. The van der Waals surface area contributed by atoms with Crippen LogP contribution in [0.3, 0.4) is 0 Å². The van der Waals surface area contributed by atoms with Crippen molar-refractivity contribution in [3.05, 3.63) is 94.8 Å². The van der Waals surface area contributed by atoms with Crippen LogP contribution < -0.4 is 10.9 Å². The van der Waals surface area contributed by atoms with Crippen molar-refractivity contribution in [3.63, 3.8) is 0 Å². The lowest BCUT2D eigenvalue weighted by Gasteiger charge is -2.12. The van der Waals surface area contributed by atoms with Gasteiger partial charge < -0.3 is 4.57 Å². The van der Waals surface area contributed by atoms with Gasteiger partial charge in [0.2, 0.25) is 0 Å². The fourth-order valence-corrected chi connectivity index (χ4v) is 3.48. The topological polar surface area (TPSA) is 63.1 Å². The van der Waals surface area contributed by atoms with E-state index in [1.165, 1.54) is 6.08 Å². The van der Waals surface area contributed by atoms with E-state index in [0.29, 0.717) is 16.8 Å². The molecule has 3 aromatic rings. The third-order valence-electron chi connectivity index (χ3n) is 4.76. The third-order valence-corrected chi connectivity index (χ3v) is 4.76. The van der Waals surface area contributed by atoms with Gasteiger partial charge in [-0.3, -0.25) is 20.4 Å². The van der Waals surface area contributed by atoms with Crippen LogP contribution in [0.15, 0.2) is 66.7 Å². The molecule has 1 aliphatic carbocycles. The SMILES string of the molecule is Cc1cc(C(=O)NNC2=CC(=O)c3ccccc32)c(C)n1-c1ccccc1. The highest BCUT2D eigenvalue weighted by atomic mass is 16.2. The molecule has 0 unspecified atom stereocenters. The molecule has 2 aromatic carbocycles. The van der Waals surface area contributed by atoms with Crippen LogP contribution in [0.4, 0.5) is 0 Å². The minimum absolute atomic E-state index is 0.0652. The van der Waals surface area contributed by atoms with E-state index in [9.17, 15) is 9.59 Å². The highest BCUT2D eigenvalue weighted by molar-refractivity contribution is 6.16. The second kappa shape index (κ2) is 6.61. The van der Waals surface area contributed by atoms with Crippen molar-refractivity contribution >= 4 is 17.4 Å². The van der Waals surface area contributed by atoms with Gasteiger partial charge in [-0.05, 0) is 32.0 Å². The molecule has 2 N–H and O–H groups in total. The predicted molar refractivity (Wildman–Crippen MR) is 105 cm³/mol. The van der Waals surface area contributed by atoms with Crippen LogP contribution in [0, 0.1) is 13.8 Å². The summed E-state index contributed by atoms with van der Waals surface area (Å²) < 4.78 is 2.04. The van der Waals surface area contributed by atoms with Crippen molar-refractivity contribution in [2.45, 2.75) is 13.8 Å². The lowest BCUT2D eigenvalue weighted by molar-refractivity contribution is 0.0940. The number of ketones is 1. The van der Waals surface area contributed by atoms with Crippen molar-refractivity contribution in [3.8, 4) is 5.69 Å². The maximum Gasteiger partial charge on any atom is 0.271 e. The minimum Gasteiger partial charge on any atom is -0.318 e. The molecule has 5 nitrogen and oxygen atoms in total. The number of carbonyl (C=O) groups is 2. The second-order valence-corrected chi connectivity index (χ2v) is 6.50. The average molecular weight is 357 g/mol. The molecule has 0 bridgehead atoms. The van der Waals surface area contributed by atoms with E-state index in [-0.39, 0.29) is 11.7 Å². The van der Waals surface area contributed by atoms with E-state index in [1.54, 1.807) is 6.07 Å². The zero-order valence-corrected chi connectivity index (χ0v) is 15.1. The molecule has 0 atom stereocenters. The van der Waals surface area contributed by atoms with Crippen LogP contribution in [0.2, 0.25) is 0 Å². The zero-order chi connectivity index (χ0) is 19.0. The molecule has 0 saturated carbocycles. The third kappa shape index (κ3) is 2.93. The molecular formula is C22H19N3O2. The quantitative estimate of drug-likeness (QED) is 0.702. The molecule has 5 heteroatoms. The average Bonchev–Trinajstić information content (AvgIpc) is 3.17. The van der Waals surface area contributed by atoms with Crippen LogP contribution in [0.1, 0.15) is 37.7 Å². The van der Waals surface area contributed by atoms with Crippen LogP contribution in [-0.2, 0) is 0 Å². The number of nitrogens with zero attached hydrogens (tertiary/aromatic N) is 1. The van der Waals surface area contributed by atoms with Crippen molar-refractivity contribution in [2.75, 3.05) is 0 Å². The number of benzene rings is 2. The lowest BCUT2D eigenvalue weighted by atomic mass is 10.1. The van der Waals surface area contributed by atoms with Crippen LogP contribution in [0.5, 0.6) is 0 Å². The van der Waals surface area contributed by atoms with Gasteiger partial charge in [-0.15, -0.1) is 0 Å². The molecule has 27 heavy (non-hydrogen) atoms. The number of hydrazine groups is 1. The molecule has 0 radical (unpaired) electrons. The highest BCUT2D eigenvalue weighted by Crippen LogP contribution is 2.25. The van der Waals surface area contributed by atoms with Crippen molar-refractivity contribution in [1.29, 1.82) is 0 Å². The molecule has 1 heterocycles. The molecule has 0 fully saturated rings. The summed E-state index contributed by atoms with van der Waals surface area (Å²) in [4.78, 5) is 24.7. The number of allylic oxidation sites excluding steroid dienone is 1. The summed E-state index contributed by atoms with van der Waals surface area (Å²) >= 11 is 0. The molecule has 1 aromatic heterocycles. The molecule has 0 saturated heterocycles. The minimum atomic E-state index is -0.247. The van der Waals surface area contributed by atoms with Crippen molar-refractivity contribution in [2.24, 2.45) is 0 Å². The van der Waals surface area contributed by atoms with E-state index in [2.05, 4.69) is 10.9 Å². The van der Waals surface area contributed by atoms with Gasteiger partial charge in [0.15, 0.2) is 5.78 Å². The summed E-state index contributed by atoms with van der Waals surface area (Å²) in [5, 5.41) is 0. The summed E-state index contributed by atoms with van der Waals surface area (Å²) in [5.74, 6) is -0.312. The lowest BCUT2D eigenvalue weighted by Crippen LogP contribution is -2.36. The standard InChI is InChI=1S/C22H19N3O2/c1-14-12-19(15(2)25(14)16-8-4-3-5-9-16)22(27)24-23-20-13-21(26)18-11-7-6-10-17(18)20/h3-13,23H,1-2H3,(H,24,27).